The number of alkyl halides is 3. The van der Waals surface area contributed by atoms with Gasteiger partial charge in [0.2, 0.25) is 5.91 Å². The summed E-state index contributed by atoms with van der Waals surface area (Å²) in [6.07, 6.45) is -3.92. The van der Waals surface area contributed by atoms with E-state index >= 15 is 0 Å². The Morgan fingerprint density at radius 3 is 2.57 bits per heavy atom. The first-order chi connectivity index (χ1) is 9.80. The van der Waals surface area contributed by atoms with Crippen molar-refractivity contribution in [1.29, 1.82) is 0 Å². The largest absolute Gasteiger partial charge is 0.389 e. The zero-order valence-corrected chi connectivity index (χ0v) is 12.3. The fraction of sp³-hybridized carbons (Fsp3) is 0.533. The Morgan fingerprint density at radius 1 is 1.29 bits per heavy atom. The molecule has 1 unspecified atom stereocenters. The highest BCUT2D eigenvalue weighted by molar-refractivity contribution is 5.90. The molecule has 0 saturated heterocycles. The van der Waals surface area contributed by atoms with Crippen LogP contribution in [0.4, 0.5) is 24.5 Å². The first-order valence-electron chi connectivity index (χ1n) is 7.03. The molecule has 1 amide bonds. The molecular formula is C15H21F3N2O. The Balaban J connectivity index is 2.46. The van der Waals surface area contributed by atoms with Gasteiger partial charge < -0.3 is 10.6 Å². The molecule has 1 rings (SSSR count). The number of rotatable bonds is 7. The molecule has 0 radical (unpaired) electrons. The van der Waals surface area contributed by atoms with Gasteiger partial charge in [-0.05, 0) is 38.0 Å². The summed E-state index contributed by atoms with van der Waals surface area (Å²) in [5, 5.41) is 5.88. The maximum atomic E-state index is 12.1. The van der Waals surface area contributed by atoms with Gasteiger partial charge in [0, 0.05) is 30.3 Å². The second-order valence-electron chi connectivity index (χ2n) is 5.04. The van der Waals surface area contributed by atoms with Gasteiger partial charge in [-0.15, -0.1) is 0 Å². The van der Waals surface area contributed by atoms with Gasteiger partial charge in [-0.2, -0.15) is 13.2 Å². The minimum atomic E-state index is -4.09. The van der Waals surface area contributed by atoms with Gasteiger partial charge in [0.1, 0.15) is 0 Å². The normalized spacial score (nSPS) is 12.8. The average Bonchev–Trinajstić information content (AvgIpc) is 2.37. The SMILES string of the molecule is CCC(=O)Nc1cccc(NC(C)CCCC(F)(F)F)c1. The van der Waals surface area contributed by atoms with E-state index in [2.05, 4.69) is 10.6 Å². The molecule has 0 aliphatic heterocycles. The molecule has 0 saturated carbocycles. The number of halogens is 3. The maximum absolute atomic E-state index is 12.1. The van der Waals surface area contributed by atoms with Crippen molar-refractivity contribution in [3.63, 3.8) is 0 Å². The van der Waals surface area contributed by atoms with Gasteiger partial charge in [-0.1, -0.05) is 13.0 Å². The second-order valence-corrected chi connectivity index (χ2v) is 5.04. The Morgan fingerprint density at radius 2 is 1.95 bits per heavy atom. The molecule has 1 aromatic rings. The molecule has 6 heteroatoms. The topological polar surface area (TPSA) is 41.1 Å². The molecule has 2 N–H and O–H groups in total. The molecule has 0 spiro atoms. The number of nitrogens with one attached hydrogen (secondary N) is 2. The standard InChI is InChI=1S/C15H21F3N2O/c1-3-14(21)20-13-8-4-7-12(10-13)19-11(2)6-5-9-15(16,17)18/h4,7-8,10-11,19H,3,5-6,9H2,1-2H3,(H,20,21). The molecule has 118 valence electrons. The van der Waals surface area contributed by atoms with Crippen molar-refractivity contribution in [3.8, 4) is 0 Å². The number of benzene rings is 1. The van der Waals surface area contributed by atoms with Crippen LogP contribution in [-0.4, -0.2) is 18.1 Å². The number of amides is 1. The highest BCUT2D eigenvalue weighted by Gasteiger charge is 2.26. The third kappa shape index (κ3) is 7.58. The predicted molar refractivity (Wildman–Crippen MR) is 78.4 cm³/mol. The van der Waals surface area contributed by atoms with Gasteiger partial charge in [0.15, 0.2) is 0 Å². The molecule has 3 nitrogen and oxygen atoms in total. The lowest BCUT2D eigenvalue weighted by atomic mass is 10.1. The maximum Gasteiger partial charge on any atom is 0.389 e. The highest BCUT2D eigenvalue weighted by Crippen LogP contribution is 2.23. The summed E-state index contributed by atoms with van der Waals surface area (Å²) in [7, 11) is 0. The molecule has 0 aliphatic rings. The summed E-state index contributed by atoms with van der Waals surface area (Å²) in [6, 6.07) is 7.09. The Bertz CT molecular complexity index is 460. The van der Waals surface area contributed by atoms with E-state index in [9.17, 15) is 18.0 Å². The quantitative estimate of drug-likeness (QED) is 0.774. The van der Waals surface area contributed by atoms with Crippen LogP contribution in [-0.2, 0) is 4.79 Å². The van der Waals surface area contributed by atoms with Crippen molar-refractivity contribution >= 4 is 17.3 Å². The fourth-order valence-corrected chi connectivity index (χ4v) is 1.90. The van der Waals surface area contributed by atoms with Crippen molar-refractivity contribution in [1.82, 2.24) is 0 Å². The smallest absolute Gasteiger partial charge is 0.383 e. The van der Waals surface area contributed by atoms with Crippen LogP contribution < -0.4 is 10.6 Å². The number of carbonyl (C=O) groups is 1. The van der Waals surface area contributed by atoms with Crippen LogP contribution in [0.1, 0.15) is 39.5 Å². The Hall–Kier alpha value is -1.72. The van der Waals surface area contributed by atoms with E-state index in [4.69, 9.17) is 0 Å². The van der Waals surface area contributed by atoms with E-state index < -0.39 is 12.6 Å². The van der Waals surface area contributed by atoms with E-state index in [0.29, 0.717) is 18.5 Å². The van der Waals surface area contributed by atoms with Crippen molar-refractivity contribution in [3.05, 3.63) is 24.3 Å². The summed E-state index contributed by atoms with van der Waals surface area (Å²) in [4.78, 5) is 11.3. The molecule has 21 heavy (non-hydrogen) atoms. The second kappa shape index (κ2) is 7.90. The fourth-order valence-electron chi connectivity index (χ4n) is 1.90. The first-order valence-corrected chi connectivity index (χ1v) is 7.03. The van der Waals surface area contributed by atoms with E-state index in [1.165, 1.54) is 0 Å². The van der Waals surface area contributed by atoms with Gasteiger partial charge >= 0.3 is 6.18 Å². The van der Waals surface area contributed by atoms with Crippen molar-refractivity contribution < 1.29 is 18.0 Å². The van der Waals surface area contributed by atoms with Crippen molar-refractivity contribution in [2.75, 3.05) is 10.6 Å². The van der Waals surface area contributed by atoms with Crippen LogP contribution in [0.25, 0.3) is 0 Å². The van der Waals surface area contributed by atoms with E-state index in [-0.39, 0.29) is 18.4 Å². The van der Waals surface area contributed by atoms with Crippen LogP contribution in [0.15, 0.2) is 24.3 Å². The van der Waals surface area contributed by atoms with Crippen LogP contribution in [0.5, 0.6) is 0 Å². The van der Waals surface area contributed by atoms with E-state index in [1.54, 1.807) is 25.1 Å². The molecule has 0 aromatic heterocycles. The number of hydrogen-bond acceptors (Lipinski definition) is 2. The lowest BCUT2D eigenvalue weighted by Gasteiger charge is -2.16. The molecule has 0 aliphatic carbocycles. The number of hydrogen-bond donors (Lipinski definition) is 2. The summed E-state index contributed by atoms with van der Waals surface area (Å²) >= 11 is 0. The molecule has 0 fully saturated rings. The van der Waals surface area contributed by atoms with Gasteiger partial charge in [-0.25, -0.2) is 0 Å². The van der Waals surface area contributed by atoms with Crippen LogP contribution in [0.2, 0.25) is 0 Å². The van der Waals surface area contributed by atoms with Crippen molar-refractivity contribution in [2.45, 2.75) is 51.7 Å². The zero-order valence-electron chi connectivity index (χ0n) is 12.3. The Labute approximate surface area is 122 Å². The number of carbonyl (C=O) groups excluding carboxylic acids is 1. The van der Waals surface area contributed by atoms with Gasteiger partial charge in [-0.3, -0.25) is 4.79 Å². The highest BCUT2D eigenvalue weighted by atomic mass is 19.4. The van der Waals surface area contributed by atoms with Crippen LogP contribution in [0.3, 0.4) is 0 Å². The summed E-state index contributed by atoms with van der Waals surface area (Å²) in [5.41, 5.74) is 1.46. The third-order valence-electron chi connectivity index (χ3n) is 2.98. The first kappa shape index (κ1) is 17.3. The molecule has 1 atom stereocenters. The average molecular weight is 302 g/mol. The van der Waals surface area contributed by atoms with E-state index in [1.807, 2.05) is 13.0 Å². The van der Waals surface area contributed by atoms with Crippen LogP contribution in [0, 0.1) is 0 Å². The summed E-state index contributed by atoms with van der Waals surface area (Å²) in [6.45, 7) is 3.60. The Kier molecular flexibility index (Phi) is 6.52. The molecule has 0 bridgehead atoms. The molecular weight excluding hydrogens is 281 g/mol. The molecule has 0 heterocycles. The predicted octanol–water partition coefficient (Wildman–Crippen LogP) is 4.57. The zero-order chi connectivity index (χ0) is 15.9. The summed E-state index contributed by atoms with van der Waals surface area (Å²) < 4.78 is 36.2. The minimum Gasteiger partial charge on any atom is -0.383 e. The monoisotopic (exact) mass is 302 g/mol. The third-order valence-corrected chi connectivity index (χ3v) is 2.98. The van der Waals surface area contributed by atoms with Crippen LogP contribution >= 0.6 is 0 Å². The lowest BCUT2D eigenvalue weighted by molar-refractivity contribution is -0.135. The van der Waals surface area contributed by atoms with Gasteiger partial charge in [0.25, 0.3) is 0 Å². The number of anilines is 2. The minimum absolute atomic E-state index is 0.0653. The lowest BCUT2D eigenvalue weighted by Crippen LogP contribution is -2.17. The summed E-state index contributed by atoms with van der Waals surface area (Å²) in [5.74, 6) is -0.0784. The van der Waals surface area contributed by atoms with Gasteiger partial charge in [0.05, 0.1) is 0 Å². The van der Waals surface area contributed by atoms with Crippen molar-refractivity contribution in [2.24, 2.45) is 0 Å². The van der Waals surface area contributed by atoms with E-state index in [0.717, 1.165) is 5.69 Å². The molecule has 1 aromatic carbocycles.